The fourth-order valence-corrected chi connectivity index (χ4v) is 3.89. The van der Waals surface area contributed by atoms with E-state index in [1.165, 1.54) is 50.5 Å². The predicted octanol–water partition coefficient (Wildman–Crippen LogP) is 3.56. The fraction of sp³-hybridized carbons (Fsp3) is 0.632. The summed E-state index contributed by atoms with van der Waals surface area (Å²) in [5.74, 6) is 2.69. The fourth-order valence-electron chi connectivity index (χ4n) is 3.89. The molecule has 0 amide bonds. The van der Waals surface area contributed by atoms with Gasteiger partial charge in [-0.2, -0.15) is 0 Å². The number of hydrogen-bond donors (Lipinski definition) is 2. The van der Waals surface area contributed by atoms with Gasteiger partial charge in [-0.3, -0.25) is 4.99 Å². The summed E-state index contributed by atoms with van der Waals surface area (Å²) in [6.07, 6.45) is 8.83. The molecule has 0 bridgehead atoms. The molecule has 2 aliphatic carbocycles. The van der Waals surface area contributed by atoms with Gasteiger partial charge in [-0.1, -0.05) is 25.3 Å². The van der Waals surface area contributed by atoms with Crippen molar-refractivity contribution in [1.82, 2.24) is 10.6 Å². The number of hydrogen-bond acceptors (Lipinski definition) is 3. The Kier molecular flexibility index (Phi) is 5.96. The molecular formula is C19H28IN3O2. The zero-order chi connectivity index (χ0) is 16.4. The number of nitrogens with one attached hydrogen (secondary N) is 2. The number of rotatable bonds is 4. The molecule has 5 nitrogen and oxygen atoms in total. The topological polar surface area (TPSA) is 54.9 Å². The summed E-state index contributed by atoms with van der Waals surface area (Å²) in [6, 6.07) is 7.08. The minimum atomic E-state index is 0. The highest BCUT2D eigenvalue weighted by atomic mass is 127. The molecule has 0 radical (unpaired) electrons. The van der Waals surface area contributed by atoms with Gasteiger partial charge in [-0.25, -0.2) is 0 Å². The first-order valence-electron chi connectivity index (χ1n) is 9.16. The van der Waals surface area contributed by atoms with Crippen LogP contribution in [-0.4, -0.2) is 32.4 Å². The van der Waals surface area contributed by atoms with Gasteiger partial charge >= 0.3 is 0 Å². The smallest absolute Gasteiger partial charge is 0.231 e. The van der Waals surface area contributed by atoms with Crippen molar-refractivity contribution in [2.75, 3.05) is 20.4 Å². The van der Waals surface area contributed by atoms with E-state index < -0.39 is 0 Å². The van der Waals surface area contributed by atoms with Gasteiger partial charge in [-0.05, 0) is 43.4 Å². The van der Waals surface area contributed by atoms with Crippen molar-refractivity contribution in [3.8, 4) is 11.5 Å². The molecule has 2 fully saturated rings. The van der Waals surface area contributed by atoms with Crippen LogP contribution in [0.2, 0.25) is 0 Å². The highest BCUT2D eigenvalue weighted by molar-refractivity contribution is 14.0. The summed E-state index contributed by atoms with van der Waals surface area (Å²) in [5, 5.41) is 7.07. The third kappa shape index (κ3) is 4.15. The molecule has 0 spiro atoms. The molecule has 1 aromatic carbocycles. The van der Waals surface area contributed by atoms with Crippen LogP contribution in [0.15, 0.2) is 23.2 Å². The quantitative estimate of drug-likeness (QED) is 0.413. The second-order valence-corrected chi connectivity index (χ2v) is 7.25. The third-order valence-electron chi connectivity index (χ3n) is 5.53. The molecule has 0 aromatic heterocycles. The Bertz CT molecular complexity index is 625. The lowest BCUT2D eigenvalue weighted by atomic mass is 9.69. The zero-order valence-corrected chi connectivity index (χ0v) is 17.2. The van der Waals surface area contributed by atoms with Gasteiger partial charge in [0.15, 0.2) is 17.5 Å². The molecule has 1 aliphatic heterocycles. The minimum absolute atomic E-state index is 0. The van der Waals surface area contributed by atoms with Gasteiger partial charge in [0.1, 0.15) is 0 Å². The standard InChI is InChI=1S/C19H27N3O2.HI/c1-20-18(22-15-6-7-15)21-12-19(9-3-2-4-10-19)14-5-8-16-17(11-14)24-13-23-16;/h5,8,11,15H,2-4,6-7,9-10,12-13H2,1H3,(H2,20,21,22);1H. The highest BCUT2D eigenvalue weighted by Gasteiger charge is 2.35. The summed E-state index contributed by atoms with van der Waals surface area (Å²) in [7, 11) is 1.85. The van der Waals surface area contributed by atoms with E-state index in [2.05, 4.69) is 33.8 Å². The van der Waals surface area contributed by atoms with E-state index in [0.29, 0.717) is 12.8 Å². The highest BCUT2D eigenvalue weighted by Crippen LogP contribution is 2.43. The van der Waals surface area contributed by atoms with Gasteiger partial charge < -0.3 is 20.1 Å². The van der Waals surface area contributed by atoms with E-state index in [-0.39, 0.29) is 29.4 Å². The Morgan fingerprint density at radius 1 is 1.16 bits per heavy atom. The molecule has 4 rings (SSSR count). The average molecular weight is 457 g/mol. The monoisotopic (exact) mass is 457 g/mol. The summed E-state index contributed by atoms with van der Waals surface area (Å²) >= 11 is 0. The van der Waals surface area contributed by atoms with Crippen molar-refractivity contribution in [1.29, 1.82) is 0 Å². The first-order valence-corrected chi connectivity index (χ1v) is 9.16. The molecular weight excluding hydrogens is 429 g/mol. The van der Waals surface area contributed by atoms with Crippen LogP contribution in [0.5, 0.6) is 11.5 Å². The lowest BCUT2D eigenvalue weighted by Crippen LogP contribution is -2.47. The average Bonchev–Trinajstić information content (AvgIpc) is 3.32. The lowest BCUT2D eigenvalue weighted by molar-refractivity contribution is 0.174. The van der Waals surface area contributed by atoms with E-state index in [1.54, 1.807) is 0 Å². The van der Waals surface area contributed by atoms with Crippen molar-refractivity contribution in [3.63, 3.8) is 0 Å². The molecule has 0 unspecified atom stereocenters. The maximum atomic E-state index is 5.60. The van der Waals surface area contributed by atoms with Gasteiger partial charge in [-0.15, -0.1) is 24.0 Å². The Morgan fingerprint density at radius 3 is 2.64 bits per heavy atom. The zero-order valence-electron chi connectivity index (χ0n) is 14.8. The minimum Gasteiger partial charge on any atom is -0.454 e. The number of fused-ring (bicyclic) bond motifs is 1. The lowest BCUT2D eigenvalue weighted by Gasteiger charge is -2.38. The normalized spacial score (nSPS) is 21.4. The molecule has 138 valence electrons. The van der Waals surface area contributed by atoms with E-state index in [9.17, 15) is 0 Å². The summed E-state index contributed by atoms with van der Waals surface area (Å²) in [4.78, 5) is 4.38. The number of nitrogens with zero attached hydrogens (tertiary/aromatic N) is 1. The largest absolute Gasteiger partial charge is 0.454 e. The van der Waals surface area contributed by atoms with Gasteiger partial charge in [0.2, 0.25) is 6.79 Å². The van der Waals surface area contributed by atoms with Crippen LogP contribution in [0.25, 0.3) is 0 Å². The van der Waals surface area contributed by atoms with Crippen LogP contribution >= 0.6 is 24.0 Å². The maximum Gasteiger partial charge on any atom is 0.231 e. The second-order valence-electron chi connectivity index (χ2n) is 7.25. The second kappa shape index (κ2) is 8.01. The van der Waals surface area contributed by atoms with Crippen LogP contribution in [0, 0.1) is 0 Å². The summed E-state index contributed by atoms with van der Waals surface area (Å²) in [6.45, 7) is 1.25. The number of ether oxygens (including phenoxy) is 2. The van der Waals surface area contributed by atoms with E-state index in [0.717, 1.165) is 24.0 Å². The van der Waals surface area contributed by atoms with Crippen molar-refractivity contribution >= 4 is 29.9 Å². The molecule has 1 aromatic rings. The number of halogens is 1. The molecule has 6 heteroatoms. The molecule has 1 heterocycles. The molecule has 2 saturated carbocycles. The van der Waals surface area contributed by atoms with Crippen molar-refractivity contribution in [3.05, 3.63) is 23.8 Å². The van der Waals surface area contributed by atoms with Crippen LogP contribution in [0.4, 0.5) is 0 Å². The van der Waals surface area contributed by atoms with Crippen LogP contribution in [0.3, 0.4) is 0 Å². The van der Waals surface area contributed by atoms with Crippen molar-refractivity contribution in [2.45, 2.75) is 56.4 Å². The molecule has 2 N–H and O–H groups in total. The first-order chi connectivity index (χ1) is 11.8. The molecule has 0 saturated heterocycles. The van der Waals surface area contributed by atoms with E-state index in [1.807, 2.05) is 7.05 Å². The van der Waals surface area contributed by atoms with E-state index >= 15 is 0 Å². The van der Waals surface area contributed by atoms with Crippen molar-refractivity contribution < 1.29 is 9.47 Å². The van der Waals surface area contributed by atoms with Gasteiger partial charge in [0.05, 0.1) is 0 Å². The predicted molar refractivity (Wildman–Crippen MR) is 110 cm³/mol. The molecule has 25 heavy (non-hydrogen) atoms. The molecule has 0 atom stereocenters. The molecule has 3 aliphatic rings. The Labute approximate surface area is 167 Å². The number of guanidine groups is 1. The van der Waals surface area contributed by atoms with Crippen LogP contribution in [-0.2, 0) is 5.41 Å². The van der Waals surface area contributed by atoms with Gasteiger partial charge in [0, 0.05) is 25.0 Å². The summed E-state index contributed by atoms with van der Waals surface area (Å²) in [5.41, 5.74) is 1.52. The Balaban J connectivity index is 0.00000182. The number of aliphatic imine (C=N–C) groups is 1. The first kappa shape index (κ1) is 18.6. The Hall–Kier alpha value is -1.18. The summed E-state index contributed by atoms with van der Waals surface area (Å²) < 4.78 is 11.1. The third-order valence-corrected chi connectivity index (χ3v) is 5.53. The SMILES string of the molecule is CN=C(NCC1(c2ccc3c(c2)OCO3)CCCCC1)NC1CC1.I. The maximum absolute atomic E-state index is 5.60. The van der Waals surface area contributed by atoms with Crippen LogP contribution < -0.4 is 20.1 Å². The number of benzene rings is 1. The Morgan fingerprint density at radius 2 is 1.92 bits per heavy atom. The van der Waals surface area contributed by atoms with E-state index in [4.69, 9.17) is 9.47 Å². The van der Waals surface area contributed by atoms with Crippen molar-refractivity contribution in [2.24, 2.45) is 4.99 Å². The van der Waals surface area contributed by atoms with Crippen LogP contribution in [0.1, 0.15) is 50.5 Å². The van der Waals surface area contributed by atoms with Gasteiger partial charge in [0.25, 0.3) is 0 Å².